The van der Waals surface area contributed by atoms with Gasteiger partial charge in [0.05, 0.1) is 50.6 Å². The zero-order chi connectivity index (χ0) is 48.0. The van der Waals surface area contributed by atoms with Crippen LogP contribution in [0.15, 0.2) is 164 Å². The number of nitriles is 1. The Balaban J connectivity index is 1.21. The fourth-order valence-electron chi connectivity index (χ4n) is 11.3. The van der Waals surface area contributed by atoms with Crippen molar-refractivity contribution in [3.05, 3.63) is 214 Å². The topological polar surface area (TPSA) is 33.6 Å². The molecule has 69 heavy (non-hydrogen) atoms. The van der Waals surface area contributed by atoms with Gasteiger partial charge in [-0.3, -0.25) is 0 Å². The normalized spacial score (nSPS) is 11.9. The van der Waals surface area contributed by atoms with Crippen LogP contribution in [-0.4, -0.2) is 9.13 Å². The Morgan fingerprint density at radius 3 is 1.32 bits per heavy atom. The maximum Gasteiger partial charge on any atom is 0.416 e. The Bertz CT molecular complexity index is 3940. The zero-order valence-corrected chi connectivity index (χ0v) is 39.6. The predicted molar refractivity (Wildman–Crippen MR) is 280 cm³/mol. The largest absolute Gasteiger partial charge is 0.416 e. The van der Waals surface area contributed by atoms with Crippen LogP contribution >= 0.6 is 0 Å². The molecule has 9 aromatic carbocycles. The molecular weight excluding hydrogens is 856 g/mol. The Morgan fingerprint density at radius 2 is 0.841 bits per heavy atom. The van der Waals surface area contributed by atoms with Crippen LogP contribution in [0.3, 0.4) is 0 Å². The number of aromatic nitrogens is 2. The molecule has 2 aromatic heterocycles. The minimum Gasteiger partial charge on any atom is -0.309 e. The molecule has 6 heteroatoms. The van der Waals surface area contributed by atoms with Crippen LogP contribution < -0.4 is 0 Å². The van der Waals surface area contributed by atoms with E-state index in [0.717, 1.165) is 88.9 Å². The van der Waals surface area contributed by atoms with Crippen molar-refractivity contribution in [1.29, 1.82) is 5.26 Å². The Kier molecular flexibility index (Phi) is 10.2. The van der Waals surface area contributed by atoms with Crippen LogP contribution in [0.5, 0.6) is 0 Å². The summed E-state index contributed by atoms with van der Waals surface area (Å²) in [5.41, 5.74) is 21.2. The monoisotopic (exact) mass is 903 g/mol. The van der Waals surface area contributed by atoms with E-state index in [9.17, 15) is 18.4 Å². The average molecular weight is 904 g/mol. The van der Waals surface area contributed by atoms with Crippen molar-refractivity contribution in [2.75, 3.05) is 0 Å². The number of hydrogen-bond acceptors (Lipinski definition) is 1. The first-order chi connectivity index (χ1) is 33.2. The third-order valence-electron chi connectivity index (χ3n) is 14.0. The highest BCUT2D eigenvalue weighted by molar-refractivity contribution is 6.13. The van der Waals surface area contributed by atoms with Crippen LogP contribution in [-0.2, 0) is 6.18 Å². The molecule has 336 valence electrons. The highest BCUT2D eigenvalue weighted by Crippen LogP contribution is 2.45. The quantitative estimate of drug-likeness (QED) is 0.164. The van der Waals surface area contributed by atoms with Crippen LogP contribution in [0.4, 0.5) is 13.2 Å². The van der Waals surface area contributed by atoms with Crippen molar-refractivity contribution in [1.82, 2.24) is 9.13 Å². The third kappa shape index (κ3) is 7.20. The summed E-state index contributed by atoms with van der Waals surface area (Å²) in [6, 6.07) is 57.7. The lowest BCUT2D eigenvalue weighted by atomic mass is 9.92. The zero-order valence-electron chi connectivity index (χ0n) is 39.6. The molecule has 0 aliphatic rings. The van der Waals surface area contributed by atoms with Gasteiger partial charge >= 0.3 is 6.18 Å². The molecule has 11 aromatic rings. The SMILES string of the molecule is Cc1cc(C)c(-c2ccc3c(c2)c2ccccc2n3-c2ccc(C#N)cc2-c2cc(-c3ccc(C(F)(F)F)cc3C)ccc2-n2c3ccccc3c3cc(-c4c(C)cc(C)cc4C)ccc32)c(C)c1. The fraction of sp³-hybridized carbons (Fsp3) is 0.127. The first-order valence-corrected chi connectivity index (χ1v) is 23.3. The molecule has 3 nitrogen and oxygen atoms in total. The minimum atomic E-state index is -4.47. The summed E-state index contributed by atoms with van der Waals surface area (Å²) in [6.07, 6.45) is -4.47. The van der Waals surface area contributed by atoms with Gasteiger partial charge in [-0.1, -0.05) is 96.1 Å². The van der Waals surface area contributed by atoms with Crippen LogP contribution in [0.2, 0.25) is 0 Å². The van der Waals surface area contributed by atoms with Gasteiger partial charge in [0.25, 0.3) is 0 Å². The van der Waals surface area contributed by atoms with Crippen molar-refractivity contribution in [2.45, 2.75) is 54.6 Å². The van der Waals surface area contributed by atoms with E-state index in [1.807, 2.05) is 24.3 Å². The maximum atomic E-state index is 14.0. The lowest BCUT2D eigenvalue weighted by Gasteiger charge is -2.21. The molecule has 0 bridgehead atoms. The third-order valence-corrected chi connectivity index (χ3v) is 14.0. The summed E-state index contributed by atoms with van der Waals surface area (Å²) in [5.74, 6) is 0. The molecule has 0 unspecified atom stereocenters. The van der Waals surface area contributed by atoms with Crippen molar-refractivity contribution in [3.8, 4) is 62.0 Å². The first-order valence-electron chi connectivity index (χ1n) is 23.3. The molecule has 11 rings (SSSR count). The van der Waals surface area contributed by atoms with Gasteiger partial charge in [-0.25, -0.2) is 0 Å². The molecule has 0 aliphatic carbocycles. The summed E-state index contributed by atoms with van der Waals surface area (Å²) in [7, 11) is 0. The second-order valence-electron chi connectivity index (χ2n) is 18.8. The number of fused-ring (bicyclic) bond motifs is 6. The molecule has 0 N–H and O–H groups in total. The first kappa shape index (κ1) is 43.4. The average Bonchev–Trinajstić information content (AvgIpc) is 3.82. The molecule has 0 radical (unpaired) electrons. The molecule has 0 amide bonds. The fourth-order valence-corrected chi connectivity index (χ4v) is 11.3. The number of alkyl halides is 3. The van der Waals surface area contributed by atoms with Crippen molar-refractivity contribution < 1.29 is 13.2 Å². The number of halogens is 3. The smallest absolute Gasteiger partial charge is 0.309 e. The van der Waals surface area contributed by atoms with Crippen LogP contribution in [0.1, 0.15) is 50.1 Å². The number of benzene rings is 9. The maximum absolute atomic E-state index is 14.0. The molecule has 0 atom stereocenters. The molecule has 0 fully saturated rings. The predicted octanol–water partition coefficient (Wildman–Crippen LogP) is 17.6. The van der Waals surface area contributed by atoms with Crippen LogP contribution in [0, 0.1) is 59.8 Å². The van der Waals surface area contributed by atoms with E-state index >= 15 is 0 Å². The summed E-state index contributed by atoms with van der Waals surface area (Å²) < 4.78 is 46.7. The van der Waals surface area contributed by atoms with Gasteiger partial charge < -0.3 is 9.13 Å². The molecular formula is C63H48F3N3. The highest BCUT2D eigenvalue weighted by atomic mass is 19.4. The number of rotatable bonds is 6. The van der Waals surface area contributed by atoms with Gasteiger partial charge in [0.1, 0.15) is 0 Å². The van der Waals surface area contributed by atoms with Gasteiger partial charge in [0, 0.05) is 32.7 Å². The van der Waals surface area contributed by atoms with Crippen molar-refractivity contribution in [2.24, 2.45) is 0 Å². The molecule has 0 aliphatic heterocycles. The van der Waals surface area contributed by atoms with Gasteiger partial charge in [-0.05, 0) is 189 Å². The van der Waals surface area contributed by atoms with E-state index in [1.54, 1.807) is 13.0 Å². The van der Waals surface area contributed by atoms with E-state index in [0.29, 0.717) is 16.7 Å². The second kappa shape index (κ2) is 16.3. The summed E-state index contributed by atoms with van der Waals surface area (Å²) >= 11 is 0. The van der Waals surface area contributed by atoms with Crippen molar-refractivity contribution >= 4 is 43.6 Å². The van der Waals surface area contributed by atoms with Gasteiger partial charge in [0.15, 0.2) is 0 Å². The van der Waals surface area contributed by atoms with Gasteiger partial charge in [-0.15, -0.1) is 0 Å². The summed E-state index contributed by atoms with van der Waals surface area (Å²) in [5, 5.41) is 15.0. The lowest BCUT2D eigenvalue weighted by Crippen LogP contribution is -2.05. The summed E-state index contributed by atoms with van der Waals surface area (Å²) in [6.45, 7) is 14.7. The molecule has 2 heterocycles. The van der Waals surface area contributed by atoms with Gasteiger partial charge in [0.2, 0.25) is 0 Å². The Labute approximate surface area is 400 Å². The number of aryl methyl sites for hydroxylation is 7. The molecule has 0 spiro atoms. The number of para-hydroxylation sites is 2. The Morgan fingerprint density at radius 1 is 0.391 bits per heavy atom. The standard InChI is InChI=1S/C63H48F3N3/c1-36-26-39(4)61(40(5)27-36)45-18-24-58-52(33-45)49-12-8-10-14-55(49)68(58)57-22-16-43(35-67)31-51(57)54-32-44(48-21-20-47(30-38(48)3)63(64,65)66)17-23-60(54)69-56-15-11-9-13-50(56)53-34-46(19-25-59(53)69)62-41(6)28-37(2)29-42(62)7/h8-34H,1-7H3. The van der Waals surface area contributed by atoms with E-state index in [1.165, 1.54) is 50.6 Å². The van der Waals surface area contributed by atoms with E-state index in [-0.39, 0.29) is 0 Å². The van der Waals surface area contributed by atoms with Gasteiger partial charge in [-0.2, -0.15) is 18.4 Å². The molecule has 0 saturated heterocycles. The van der Waals surface area contributed by atoms with Crippen LogP contribution in [0.25, 0.3) is 99.5 Å². The number of hydrogen-bond donors (Lipinski definition) is 0. The minimum absolute atomic E-state index is 0.486. The summed E-state index contributed by atoms with van der Waals surface area (Å²) in [4.78, 5) is 0. The second-order valence-corrected chi connectivity index (χ2v) is 18.8. The number of nitrogens with zero attached hydrogens (tertiary/aromatic N) is 3. The van der Waals surface area contributed by atoms with E-state index < -0.39 is 11.7 Å². The molecule has 0 saturated carbocycles. The van der Waals surface area contributed by atoms with E-state index in [2.05, 4.69) is 178 Å². The van der Waals surface area contributed by atoms with E-state index in [4.69, 9.17) is 0 Å². The van der Waals surface area contributed by atoms with Crippen molar-refractivity contribution in [3.63, 3.8) is 0 Å². The highest BCUT2D eigenvalue weighted by Gasteiger charge is 2.31. The Hall–Kier alpha value is -8.14. The lowest BCUT2D eigenvalue weighted by molar-refractivity contribution is -0.137.